The minimum absolute atomic E-state index is 0.0995. The van der Waals surface area contributed by atoms with Crippen LogP contribution in [0, 0.1) is 6.92 Å². The number of anilines is 1. The van der Waals surface area contributed by atoms with Gasteiger partial charge in [-0.2, -0.15) is 0 Å². The molecule has 2 aromatic carbocycles. The Kier molecular flexibility index (Phi) is 4.75. The van der Waals surface area contributed by atoms with E-state index in [0.29, 0.717) is 16.8 Å². The molecule has 2 rings (SSSR count). The molecule has 5 heteroatoms. The van der Waals surface area contributed by atoms with Crippen LogP contribution in [-0.4, -0.2) is 17.9 Å². The van der Waals surface area contributed by atoms with Gasteiger partial charge in [0.15, 0.2) is 0 Å². The van der Waals surface area contributed by atoms with Crippen LogP contribution in [0.25, 0.3) is 0 Å². The lowest BCUT2D eigenvalue weighted by molar-refractivity contribution is 0.0992. The van der Waals surface area contributed by atoms with Gasteiger partial charge in [-0.05, 0) is 36.8 Å². The Balaban J connectivity index is 2.45. The zero-order chi connectivity index (χ0) is 15.6. The van der Waals surface area contributed by atoms with Gasteiger partial charge in [0.05, 0.1) is 5.69 Å². The smallest absolute Gasteiger partial charge is 0.258 e. The van der Waals surface area contributed by atoms with Gasteiger partial charge in [0.25, 0.3) is 5.91 Å². The van der Waals surface area contributed by atoms with Crippen LogP contribution in [0.3, 0.4) is 0 Å². The van der Waals surface area contributed by atoms with Crippen molar-refractivity contribution in [2.24, 2.45) is 5.73 Å². The molecule has 21 heavy (non-hydrogen) atoms. The van der Waals surface area contributed by atoms with Crippen LogP contribution < -0.4 is 10.6 Å². The van der Waals surface area contributed by atoms with Crippen molar-refractivity contribution in [3.63, 3.8) is 0 Å². The molecule has 0 bridgehead atoms. The van der Waals surface area contributed by atoms with Crippen LogP contribution in [0.1, 0.15) is 21.5 Å². The predicted octanol–water partition coefficient (Wildman–Crippen LogP) is 3.67. The minimum atomic E-state index is -0.0995. The number of halogens is 1. The normalized spacial score (nSPS) is 10.2. The molecule has 0 aliphatic carbocycles. The molecule has 0 unspecified atom stereocenters. The predicted molar refractivity (Wildman–Crippen MR) is 93.9 cm³/mol. The Bertz CT molecular complexity index is 715. The number of carbonyl (C=O) groups excluding carboxylic acids is 1. The summed E-state index contributed by atoms with van der Waals surface area (Å²) in [4.78, 5) is 14.6. The van der Waals surface area contributed by atoms with Crippen molar-refractivity contribution < 1.29 is 4.79 Å². The lowest BCUT2D eigenvalue weighted by atomic mass is 10.1. The topological polar surface area (TPSA) is 46.3 Å². The number of nitrogens with zero attached hydrogens (tertiary/aromatic N) is 1. The largest absolute Gasteiger partial charge is 0.389 e. The van der Waals surface area contributed by atoms with Gasteiger partial charge in [-0.25, -0.2) is 0 Å². The molecular weight excluding hydrogens is 348 g/mol. The molecule has 0 heterocycles. The van der Waals surface area contributed by atoms with Gasteiger partial charge in [0, 0.05) is 22.6 Å². The molecule has 0 aromatic heterocycles. The second-order valence-corrected chi connectivity index (χ2v) is 5.95. The van der Waals surface area contributed by atoms with Crippen molar-refractivity contribution >= 4 is 44.7 Å². The van der Waals surface area contributed by atoms with Gasteiger partial charge in [0.1, 0.15) is 4.99 Å². The van der Waals surface area contributed by atoms with E-state index in [9.17, 15) is 4.79 Å². The number of benzene rings is 2. The number of hydrogen-bond donors (Lipinski definition) is 1. The molecule has 2 N–H and O–H groups in total. The van der Waals surface area contributed by atoms with Crippen molar-refractivity contribution in [3.05, 3.63) is 63.6 Å². The molecule has 0 saturated carbocycles. The number of carbonyl (C=O) groups is 1. The quantitative estimate of drug-likeness (QED) is 0.847. The Morgan fingerprint density at radius 3 is 2.43 bits per heavy atom. The third kappa shape index (κ3) is 3.14. The molecule has 2 aromatic rings. The van der Waals surface area contributed by atoms with E-state index in [-0.39, 0.29) is 10.9 Å². The van der Waals surface area contributed by atoms with Crippen molar-refractivity contribution in [1.82, 2.24) is 0 Å². The minimum Gasteiger partial charge on any atom is -0.389 e. The summed E-state index contributed by atoms with van der Waals surface area (Å²) in [5, 5.41) is 0. The van der Waals surface area contributed by atoms with Crippen LogP contribution in [0.15, 0.2) is 46.9 Å². The van der Waals surface area contributed by atoms with Gasteiger partial charge in [0.2, 0.25) is 0 Å². The fourth-order valence-electron chi connectivity index (χ4n) is 2.10. The summed E-state index contributed by atoms with van der Waals surface area (Å²) in [5.74, 6) is -0.0995. The summed E-state index contributed by atoms with van der Waals surface area (Å²) in [6, 6.07) is 12.9. The van der Waals surface area contributed by atoms with Crippen LogP contribution in [0.5, 0.6) is 0 Å². The van der Waals surface area contributed by atoms with E-state index in [2.05, 4.69) is 15.9 Å². The molecule has 1 amide bonds. The molecule has 3 nitrogen and oxygen atoms in total. The lowest BCUT2D eigenvalue weighted by Gasteiger charge is -2.21. The standard InChI is InChI=1S/C16H15BrN2OS/c1-10-11(7-5-8-13(10)17)16(20)19(2)14-9-4-3-6-12(14)15(18)21/h3-9H,1-2H3,(H2,18,21). The number of nitrogens with two attached hydrogens (primary N) is 1. The fraction of sp³-hybridized carbons (Fsp3) is 0.125. The average molecular weight is 363 g/mol. The van der Waals surface area contributed by atoms with E-state index in [1.54, 1.807) is 11.9 Å². The summed E-state index contributed by atoms with van der Waals surface area (Å²) in [6.07, 6.45) is 0. The van der Waals surface area contributed by atoms with Gasteiger partial charge in [-0.15, -0.1) is 0 Å². The van der Waals surface area contributed by atoms with Crippen LogP contribution in [0.4, 0.5) is 5.69 Å². The average Bonchev–Trinajstić information content (AvgIpc) is 2.48. The van der Waals surface area contributed by atoms with Crippen LogP contribution in [-0.2, 0) is 0 Å². The van der Waals surface area contributed by atoms with Gasteiger partial charge in [-0.3, -0.25) is 4.79 Å². The van der Waals surface area contributed by atoms with E-state index in [1.165, 1.54) is 0 Å². The molecule has 0 aliphatic rings. The first-order chi connectivity index (χ1) is 9.93. The Morgan fingerprint density at radius 1 is 1.14 bits per heavy atom. The Labute approximate surface area is 137 Å². The van der Waals surface area contributed by atoms with Crippen molar-refractivity contribution in [2.75, 3.05) is 11.9 Å². The van der Waals surface area contributed by atoms with E-state index in [0.717, 1.165) is 10.0 Å². The van der Waals surface area contributed by atoms with Crippen molar-refractivity contribution in [2.45, 2.75) is 6.92 Å². The summed E-state index contributed by atoms with van der Waals surface area (Å²) in [5.41, 5.74) is 8.67. The maximum absolute atomic E-state index is 12.7. The Morgan fingerprint density at radius 2 is 1.76 bits per heavy atom. The van der Waals surface area contributed by atoms with E-state index in [4.69, 9.17) is 18.0 Å². The molecule has 0 aliphatic heterocycles. The number of thiocarbonyl (C=S) groups is 1. The molecule has 108 valence electrons. The number of hydrogen-bond acceptors (Lipinski definition) is 2. The maximum atomic E-state index is 12.7. The Hall–Kier alpha value is -1.72. The van der Waals surface area contributed by atoms with Gasteiger partial charge in [-0.1, -0.05) is 46.3 Å². The number of rotatable bonds is 3. The van der Waals surface area contributed by atoms with Gasteiger partial charge < -0.3 is 10.6 Å². The highest BCUT2D eigenvalue weighted by molar-refractivity contribution is 9.10. The zero-order valence-corrected chi connectivity index (χ0v) is 14.2. The first-order valence-electron chi connectivity index (χ1n) is 6.35. The summed E-state index contributed by atoms with van der Waals surface area (Å²) in [7, 11) is 1.72. The summed E-state index contributed by atoms with van der Waals surface area (Å²) in [6.45, 7) is 1.91. The summed E-state index contributed by atoms with van der Waals surface area (Å²) >= 11 is 8.50. The molecule has 0 saturated heterocycles. The van der Waals surface area contributed by atoms with Crippen molar-refractivity contribution in [3.8, 4) is 0 Å². The van der Waals surface area contributed by atoms with Crippen LogP contribution >= 0.6 is 28.1 Å². The lowest BCUT2D eigenvalue weighted by Crippen LogP contribution is -2.29. The van der Waals surface area contributed by atoms with Crippen molar-refractivity contribution in [1.29, 1.82) is 0 Å². The van der Waals surface area contributed by atoms with Crippen LogP contribution in [0.2, 0.25) is 0 Å². The summed E-state index contributed by atoms with van der Waals surface area (Å²) < 4.78 is 0.907. The SMILES string of the molecule is Cc1c(Br)cccc1C(=O)N(C)c1ccccc1C(N)=S. The van der Waals surface area contributed by atoms with E-state index < -0.39 is 0 Å². The number of para-hydroxylation sites is 1. The number of amides is 1. The second kappa shape index (κ2) is 6.37. The van der Waals surface area contributed by atoms with E-state index >= 15 is 0 Å². The molecule has 0 atom stereocenters. The third-order valence-electron chi connectivity index (χ3n) is 3.33. The zero-order valence-electron chi connectivity index (χ0n) is 11.8. The fourth-order valence-corrected chi connectivity index (χ4v) is 2.64. The first-order valence-corrected chi connectivity index (χ1v) is 7.55. The van der Waals surface area contributed by atoms with Gasteiger partial charge >= 0.3 is 0 Å². The maximum Gasteiger partial charge on any atom is 0.258 e. The highest BCUT2D eigenvalue weighted by Crippen LogP contribution is 2.24. The first kappa shape index (κ1) is 15.7. The highest BCUT2D eigenvalue weighted by Gasteiger charge is 2.19. The molecular formula is C16H15BrN2OS. The second-order valence-electron chi connectivity index (χ2n) is 4.66. The monoisotopic (exact) mass is 362 g/mol. The molecule has 0 fully saturated rings. The molecule has 0 spiro atoms. The third-order valence-corrected chi connectivity index (χ3v) is 4.41. The molecule has 0 radical (unpaired) electrons. The van der Waals surface area contributed by atoms with E-state index in [1.807, 2.05) is 49.4 Å². The highest BCUT2D eigenvalue weighted by atomic mass is 79.9.